The van der Waals surface area contributed by atoms with E-state index in [0.717, 1.165) is 17.7 Å². The predicted molar refractivity (Wildman–Crippen MR) is 89.3 cm³/mol. The number of aliphatic hydroxyl groups is 1. The van der Waals surface area contributed by atoms with Crippen molar-refractivity contribution in [2.24, 2.45) is 5.92 Å². The number of thioether (sulfide) groups is 1. The van der Waals surface area contributed by atoms with Crippen molar-refractivity contribution in [1.82, 2.24) is 10.3 Å². The number of pyridine rings is 1. The highest BCUT2D eigenvalue weighted by Gasteiger charge is 2.46. The van der Waals surface area contributed by atoms with Crippen LogP contribution >= 0.6 is 23.1 Å². The molecule has 1 unspecified atom stereocenters. The molecule has 6 heteroatoms. The molecule has 4 nitrogen and oxygen atoms in total. The fraction of sp³-hybridized carbons (Fsp3) is 0.375. The molecule has 116 valence electrons. The maximum absolute atomic E-state index is 12.4. The zero-order valence-electron chi connectivity index (χ0n) is 12.3. The van der Waals surface area contributed by atoms with Gasteiger partial charge in [0.05, 0.1) is 12.1 Å². The Bertz CT molecular complexity index is 656. The number of carbonyl (C=O) groups is 1. The summed E-state index contributed by atoms with van der Waals surface area (Å²) in [5, 5.41) is 16.6. The molecule has 0 spiro atoms. The van der Waals surface area contributed by atoms with Gasteiger partial charge in [-0.3, -0.25) is 4.79 Å². The Kier molecular flexibility index (Phi) is 4.52. The summed E-state index contributed by atoms with van der Waals surface area (Å²) in [7, 11) is 0. The van der Waals surface area contributed by atoms with Gasteiger partial charge in [-0.15, -0.1) is 23.1 Å². The minimum absolute atomic E-state index is 0.187. The molecule has 2 N–H and O–H groups in total. The molecule has 3 rings (SSSR count). The highest BCUT2D eigenvalue weighted by Crippen LogP contribution is 2.46. The Balaban J connectivity index is 1.74. The Morgan fingerprint density at radius 1 is 1.50 bits per heavy atom. The molecule has 2 aromatic rings. The number of hydrogen-bond acceptors (Lipinski definition) is 5. The van der Waals surface area contributed by atoms with E-state index in [4.69, 9.17) is 0 Å². The second-order valence-corrected chi connectivity index (χ2v) is 7.16. The first-order valence-electron chi connectivity index (χ1n) is 7.18. The van der Waals surface area contributed by atoms with Gasteiger partial charge >= 0.3 is 0 Å². The van der Waals surface area contributed by atoms with Crippen LogP contribution in [0, 0.1) is 5.92 Å². The van der Waals surface area contributed by atoms with E-state index < -0.39 is 5.60 Å². The number of hydrogen-bond donors (Lipinski definition) is 2. The van der Waals surface area contributed by atoms with Crippen molar-refractivity contribution in [3.63, 3.8) is 0 Å². The van der Waals surface area contributed by atoms with Crippen LogP contribution in [0.15, 0.2) is 40.9 Å². The molecule has 0 aromatic carbocycles. The Morgan fingerprint density at radius 3 is 2.95 bits per heavy atom. The number of rotatable bonds is 6. The third-order valence-electron chi connectivity index (χ3n) is 3.93. The highest BCUT2D eigenvalue weighted by atomic mass is 32.2. The van der Waals surface area contributed by atoms with Gasteiger partial charge in [0, 0.05) is 11.1 Å². The standard InChI is InChI=1S/C16H18N2O2S2/c1-21-15-12(4-2-8-17-15)14(19)18-10-16(20,11-6-7-11)13-5-3-9-22-13/h2-5,8-9,11,20H,6-7,10H2,1H3,(H,18,19). The van der Waals surface area contributed by atoms with Gasteiger partial charge in [0.2, 0.25) is 0 Å². The smallest absolute Gasteiger partial charge is 0.254 e. The van der Waals surface area contributed by atoms with Gasteiger partial charge in [-0.2, -0.15) is 0 Å². The van der Waals surface area contributed by atoms with Gasteiger partial charge in [-0.05, 0) is 48.6 Å². The van der Waals surface area contributed by atoms with Crippen molar-refractivity contribution in [3.8, 4) is 0 Å². The molecule has 1 amide bonds. The van der Waals surface area contributed by atoms with Crippen molar-refractivity contribution in [2.75, 3.05) is 12.8 Å². The lowest BCUT2D eigenvalue weighted by atomic mass is 9.95. The van der Waals surface area contributed by atoms with Gasteiger partial charge in [-0.25, -0.2) is 4.98 Å². The topological polar surface area (TPSA) is 62.2 Å². The molecule has 22 heavy (non-hydrogen) atoms. The molecule has 0 saturated heterocycles. The van der Waals surface area contributed by atoms with Crippen molar-refractivity contribution in [2.45, 2.75) is 23.5 Å². The first-order valence-corrected chi connectivity index (χ1v) is 9.29. The molecule has 1 aliphatic rings. The number of carbonyl (C=O) groups excluding carboxylic acids is 1. The maximum Gasteiger partial charge on any atom is 0.254 e. The van der Waals surface area contributed by atoms with Crippen LogP contribution in [0.25, 0.3) is 0 Å². The second kappa shape index (κ2) is 6.40. The lowest BCUT2D eigenvalue weighted by Crippen LogP contribution is -2.42. The average Bonchev–Trinajstić information content (AvgIpc) is 3.27. The zero-order chi connectivity index (χ0) is 15.6. The molecular formula is C16H18N2O2S2. The zero-order valence-corrected chi connectivity index (χ0v) is 13.9. The van der Waals surface area contributed by atoms with Crippen LogP contribution < -0.4 is 5.32 Å². The molecule has 1 saturated carbocycles. The highest BCUT2D eigenvalue weighted by molar-refractivity contribution is 7.98. The van der Waals surface area contributed by atoms with E-state index in [0.29, 0.717) is 10.6 Å². The molecule has 1 aliphatic carbocycles. The summed E-state index contributed by atoms with van der Waals surface area (Å²) in [4.78, 5) is 17.5. The fourth-order valence-electron chi connectivity index (χ4n) is 2.55. The predicted octanol–water partition coefficient (Wildman–Crippen LogP) is 2.89. The number of thiophene rings is 1. The van der Waals surface area contributed by atoms with Crippen molar-refractivity contribution >= 4 is 29.0 Å². The fourth-order valence-corrected chi connectivity index (χ4v) is 4.01. The Hall–Kier alpha value is -1.37. The third-order valence-corrected chi connectivity index (χ3v) is 5.68. The summed E-state index contributed by atoms with van der Waals surface area (Å²) in [6, 6.07) is 7.38. The van der Waals surface area contributed by atoms with Gasteiger partial charge < -0.3 is 10.4 Å². The molecule has 0 radical (unpaired) electrons. The van der Waals surface area contributed by atoms with E-state index in [2.05, 4.69) is 10.3 Å². The number of nitrogens with zero attached hydrogens (tertiary/aromatic N) is 1. The van der Waals surface area contributed by atoms with E-state index >= 15 is 0 Å². The summed E-state index contributed by atoms with van der Waals surface area (Å²) in [6.45, 7) is 0.236. The molecule has 1 fully saturated rings. The monoisotopic (exact) mass is 334 g/mol. The first kappa shape index (κ1) is 15.5. The number of nitrogens with one attached hydrogen (secondary N) is 1. The summed E-state index contributed by atoms with van der Waals surface area (Å²) in [5.41, 5.74) is -0.398. The Labute approximate surface area is 138 Å². The van der Waals surface area contributed by atoms with Crippen LogP contribution in [-0.2, 0) is 5.60 Å². The third kappa shape index (κ3) is 3.04. The lowest BCUT2D eigenvalue weighted by molar-refractivity contribution is 0.0169. The van der Waals surface area contributed by atoms with E-state index in [1.807, 2.05) is 23.8 Å². The minimum atomic E-state index is -0.953. The molecular weight excluding hydrogens is 316 g/mol. The molecule has 1 atom stereocenters. The summed E-state index contributed by atoms with van der Waals surface area (Å²) < 4.78 is 0. The van der Waals surface area contributed by atoms with Crippen LogP contribution in [0.4, 0.5) is 0 Å². The largest absolute Gasteiger partial charge is 0.382 e. The van der Waals surface area contributed by atoms with Crippen LogP contribution in [0.1, 0.15) is 28.1 Å². The van der Waals surface area contributed by atoms with Crippen molar-refractivity contribution in [3.05, 3.63) is 46.3 Å². The number of aromatic nitrogens is 1. The average molecular weight is 334 g/mol. The summed E-state index contributed by atoms with van der Waals surface area (Å²) >= 11 is 2.98. The quantitative estimate of drug-likeness (QED) is 0.798. The first-order chi connectivity index (χ1) is 10.6. The van der Waals surface area contributed by atoms with E-state index in [-0.39, 0.29) is 18.4 Å². The normalized spacial score (nSPS) is 17.0. The summed E-state index contributed by atoms with van der Waals surface area (Å²) in [5.74, 6) is 0.0495. The minimum Gasteiger partial charge on any atom is -0.382 e. The van der Waals surface area contributed by atoms with Crippen LogP contribution in [-0.4, -0.2) is 28.8 Å². The van der Waals surface area contributed by atoms with Crippen molar-refractivity contribution < 1.29 is 9.90 Å². The van der Waals surface area contributed by atoms with Gasteiger partial charge in [0.25, 0.3) is 5.91 Å². The van der Waals surface area contributed by atoms with Gasteiger partial charge in [0.1, 0.15) is 10.6 Å². The molecule has 0 aliphatic heterocycles. The van der Waals surface area contributed by atoms with Crippen LogP contribution in [0.2, 0.25) is 0 Å². The van der Waals surface area contributed by atoms with Crippen LogP contribution in [0.3, 0.4) is 0 Å². The van der Waals surface area contributed by atoms with E-state index in [1.54, 1.807) is 18.3 Å². The number of amides is 1. The van der Waals surface area contributed by atoms with Crippen molar-refractivity contribution in [1.29, 1.82) is 0 Å². The van der Waals surface area contributed by atoms with Gasteiger partial charge in [-0.1, -0.05) is 6.07 Å². The second-order valence-electron chi connectivity index (χ2n) is 5.42. The van der Waals surface area contributed by atoms with E-state index in [1.165, 1.54) is 23.1 Å². The van der Waals surface area contributed by atoms with E-state index in [9.17, 15) is 9.90 Å². The lowest BCUT2D eigenvalue weighted by Gasteiger charge is -2.27. The van der Waals surface area contributed by atoms with Crippen LogP contribution in [0.5, 0.6) is 0 Å². The molecule has 0 bridgehead atoms. The SMILES string of the molecule is CSc1ncccc1C(=O)NCC(O)(c1cccs1)C1CC1. The Morgan fingerprint density at radius 2 is 2.32 bits per heavy atom. The maximum atomic E-state index is 12.4. The molecule has 2 heterocycles. The summed E-state index contributed by atoms with van der Waals surface area (Å²) in [6.07, 6.45) is 5.58. The van der Waals surface area contributed by atoms with Gasteiger partial charge in [0.15, 0.2) is 0 Å². The molecule has 2 aromatic heterocycles.